The topological polar surface area (TPSA) is 21.3 Å². The van der Waals surface area contributed by atoms with Crippen LogP contribution >= 0.6 is 28.3 Å². The van der Waals surface area contributed by atoms with Crippen LogP contribution in [0.25, 0.3) is 0 Å². The van der Waals surface area contributed by atoms with E-state index >= 15 is 0 Å². The highest BCUT2D eigenvalue weighted by Gasteiger charge is 2.07. The number of fused-ring (bicyclic) bond motifs is 1. The molecule has 0 fully saturated rings. The van der Waals surface area contributed by atoms with Gasteiger partial charge in [0.15, 0.2) is 0 Å². The summed E-state index contributed by atoms with van der Waals surface area (Å²) in [4.78, 5) is 0. The van der Waals surface area contributed by atoms with E-state index in [9.17, 15) is 0 Å². The minimum Gasteiger partial charge on any atom is -0.492 e. The van der Waals surface area contributed by atoms with Gasteiger partial charge >= 0.3 is 0 Å². The lowest BCUT2D eigenvalue weighted by molar-refractivity contribution is 0.325. The molecule has 1 heterocycles. The normalized spacial score (nSPS) is 14.8. The first-order chi connectivity index (χ1) is 5.86. The number of benzene rings is 1. The number of nitrogens with one attached hydrogen (secondary N) is 1. The van der Waals surface area contributed by atoms with E-state index in [-0.39, 0.29) is 12.4 Å². The van der Waals surface area contributed by atoms with Crippen molar-refractivity contribution in [1.82, 2.24) is 5.32 Å². The lowest BCUT2D eigenvalue weighted by atomic mass is 10.2. The van der Waals surface area contributed by atoms with Crippen LogP contribution in [0.2, 0.25) is 0 Å². The number of hydrogen-bond donors (Lipinski definition) is 1. The van der Waals surface area contributed by atoms with Crippen LogP contribution in [0.4, 0.5) is 0 Å². The number of hydrogen-bond acceptors (Lipinski definition) is 2. The Kier molecular flexibility index (Phi) is 4.03. The van der Waals surface area contributed by atoms with E-state index in [0.717, 1.165) is 29.9 Å². The standard InChI is InChI=1S/C9H10BrNO.ClH/c10-8-2-1-7-6-11-3-4-12-9(7)5-8;/h1-2,5,11H,3-4,6H2;1H. The van der Waals surface area contributed by atoms with Crippen LogP contribution in [0.5, 0.6) is 5.75 Å². The third kappa shape index (κ3) is 2.59. The molecule has 0 aliphatic carbocycles. The van der Waals surface area contributed by atoms with Gasteiger partial charge < -0.3 is 10.1 Å². The molecular formula is C9H11BrClNO. The van der Waals surface area contributed by atoms with Gasteiger partial charge in [0.25, 0.3) is 0 Å². The summed E-state index contributed by atoms with van der Waals surface area (Å²) in [6.45, 7) is 2.58. The average molecular weight is 265 g/mol. The number of halogens is 2. The fraction of sp³-hybridized carbons (Fsp3) is 0.333. The van der Waals surface area contributed by atoms with E-state index in [1.54, 1.807) is 0 Å². The van der Waals surface area contributed by atoms with Crippen LogP contribution in [0.3, 0.4) is 0 Å². The molecular weight excluding hydrogens is 253 g/mol. The molecule has 1 aromatic rings. The van der Waals surface area contributed by atoms with Gasteiger partial charge in [-0.15, -0.1) is 12.4 Å². The molecule has 0 aromatic heterocycles. The molecule has 0 spiro atoms. The molecule has 1 N–H and O–H groups in total. The minimum atomic E-state index is 0. The molecule has 0 atom stereocenters. The Morgan fingerprint density at radius 1 is 1.38 bits per heavy atom. The Morgan fingerprint density at radius 3 is 3.08 bits per heavy atom. The molecule has 2 nitrogen and oxygen atoms in total. The van der Waals surface area contributed by atoms with Crippen molar-refractivity contribution in [2.24, 2.45) is 0 Å². The van der Waals surface area contributed by atoms with Gasteiger partial charge in [0, 0.05) is 23.1 Å². The molecule has 1 aromatic carbocycles. The van der Waals surface area contributed by atoms with Crippen molar-refractivity contribution in [2.75, 3.05) is 13.2 Å². The fourth-order valence-electron chi connectivity index (χ4n) is 1.27. The molecule has 72 valence electrons. The van der Waals surface area contributed by atoms with Gasteiger partial charge in [-0.05, 0) is 12.1 Å². The second-order valence-corrected chi connectivity index (χ2v) is 3.69. The zero-order valence-corrected chi connectivity index (χ0v) is 9.45. The summed E-state index contributed by atoms with van der Waals surface area (Å²) in [7, 11) is 0. The first-order valence-electron chi connectivity index (χ1n) is 3.98. The zero-order chi connectivity index (χ0) is 8.39. The smallest absolute Gasteiger partial charge is 0.124 e. The van der Waals surface area contributed by atoms with Crippen LogP contribution in [0.15, 0.2) is 22.7 Å². The lowest BCUT2D eigenvalue weighted by Gasteiger charge is -2.05. The summed E-state index contributed by atoms with van der Waals surface area (Å²) in [5.74, 6) is 0.995. The zero-order valence-electron chi connectivity index (χ0n) is 7.05. The number of rotatable bonds is 0. The van der Waals surface area contributed by atoms with Crippen molar-refractivity contribution in [2.45, 2.75) is 6.54 Å². The molecule has 0 radical (unpaired) electrons. The highest BCUT2D eigenvalue weighted by Crippen LogP contribution is 2.24. The lowest BCUT2D eigenvalue weighted by Crippen LogP contribution is -2.16. The van der Waals surface area contributed by atoms with Crippen molar-refractivity contribution in [1.29, 1.82) is 0 Å². The SMILES string of the molecule is Brc1ccc2c(c1)OCCNC2.Cl. The van der Waals surface area contributed by atoms with E-state index in [4.69, 9.17) is 4.74 Å². The maximum atomic E-state index is 5.54. The van der Waals surface area contributed by atoms with Crippen LogP contribution < -0.4 is 10.1 Å². The van der Waals surface area contributed by atoms with E-state index in [1.165, 1.54) is 5.56 Å². The van der Waals surface area contributed by atoms with Crippen molar-refractivity contribution in [3.05, 3.63) is 28.2 Å². The Hall–Kier alpha value is -0.250. The second-order valence-electron chi connectivity index (χ2n) is 2.78. The summed E-state index contributed by atoms with van der Waals surface area (Å²) >= 11 is 3.42. The van der Waals surface area contributed by atoms with E-state index in [0.29, 0.717) is 0 Å². The Bertz CT molecular complexity index is 293. The predicted molar refractivity (Wildman–Crippen MR) is 58.6 cm³/mol. The highest BCUT2D eigenvalue weighted by atomic mass is 79.9. The van der Waals surface area contributed by atoms with Crippen LogP contribution in [0, 0.1) is 0 Å². The van der Waals surface area contributed by atoms with Crippen molar-refractivity contribution in [3.8, 4) is 5.75 Å². The van der Waals surface area contributed by atoms with Gasteiger partial charge in [-0.2, -0.15) is 0 Å². The Labute approximate surface area is 92.2 Å². The maximum absolute atomic E-state index is 5.54. The first kappa shape index (κ1) is 10.8. The van der Waals surface area contributed by atoms with Gasteiger partial charge in [-0.25, -0.2) is 0 Å². The highest BCUT2D eigenvalue weighted by molar-refractivity contribution is 9.10. The molecule has 0 saturated carbocycles. The Morgan fingerprint density at radius 2 is 2.23 bits per heavy atom. The monoisotopic (exact) mass is 263 g/mol. The third-order valence-corrected chi connectivity index (χ3v) is 2.37. The Balaban J connectivity index is 0.000000845. The summed E-state index contributed by atoms with van der Waals surface area (Å²) in [5.41, 5.74) is 1.23. The van der Waals surface area contributed by atoms with Crippen molar-refractivity contribution in [3.63, 3.8) is 0 Å². The second kappa shape index (κ2) is 4.84. The van der Waals surface area contributed by atoms with E-state index in [2.05, 4.69) is 27.3 Å². The summed E-state index contributed by atoms with van der Waals surface area (Å²) in [6.07, 6.45) is 0. The van der Waals surface area contributed by atoms with Gasteiger partial charge in [0.05, 0.1) is 0 Å². The number of ether oxygens (including phenoxy) is 1. The van der Waals surface area contributed by atoms with E-state index in [1.807, 2.05) is 12.1 Å². The fourth-order valence-corrected chi connectivity index (χ4v) is 1.61. The summed E-state index contributed by atoms with van der Waals surface area (Å²) < 4.78 is 6.61. The van der Waals surface area contributed by atoms with Gasteiger partial charge in [-0.3, -0.25) is 0 Å². The van der Waals surface area contributed by atoms with Gasteiger partial charge in [0.2, 0.25) is 0 Å². The predicted octanol–water partition coefficient (Wildman–Crippen LogP) is 2.35. The summed E-state index contributed by atoms with van der Waals surface area (Å²) in [6, 6.07) is 6.13. The molecule has 0 bridgehead atoms. The molecule has 1 aliphatic heterocycles. The molecule has 4 heteroatoms. The summed E-state index contributed by atoms with van der Waals surface area (Å²) in [5, 5.41) is 3.28. The van der Waals surface area contributed by atoms with Crippen LogP contribution in [0.1, 0.15) is 5.56 Å². The third-order valence-electron chi connectivity index (χ3n) is 1.88. The molecule has 1 aliphatic rings. The minimum absolute atomic E-state index is 0. The van der Waals surface area contributed by atoms with Crippen LogP contribution in [-0.4, -0.2) is 13.2 Å². The van der Waals surface area contributed by atoms with E-state index < -0.39 is 0 Å². The van der Waals surface area contributed by atoms with Crippen LogP contribution in [-0.2, 0) is 6.54 Å². The maximum Gasteiger partial charge on any atom is 0.124 e. The molecule has 2 rings (SSSR count). The largest absolute Gasteiger partial charge is 0.492 e. The first-order valence-corrected chi connectivity index (χ1v) is 4.77. The van der Waals surface area contributed by atoms with Crippen molar-refractivity contribution < 1.29 is 4.74 Å². The van der Waals surface area contributed by atoms with Gasteiger partial charge in [-0.1, -0.05) is 22.0 Å². The quantitative estimate of drug-likeness (QED) is 0.777. The molecule has 0 unspecified atom stereocenters. The molecule has 13 heavy (non-hydrogen) atoms. The van der Waals surface area contributed by atoms with Gasteiger partial charge in [0.1, 0.15) is 12.4 Å². The van der Waals surface area contributed by atoms with Crippen molar-refractivity contribution >= 4 is 28.3 Å². The molecule has 0 saturated heterocycles. The average Bonchev–Trinajstić information content (AvgIpc) is 2.28. The molecule has 0 amide bonds.